The Bertz CT molecular complexity index is 1230. The molecule has 0 unspecified atom stereocenters. The number of piperidine rings is 1. The van der Waals surface area contributed by atoms with Gasteiger partial charge in [-0.05, 0) is 61.1 Å². The molecule has 7 heteroatoms. The number of fused-ring (bicyclic) bond motifs is 1. The first-order valence-electron chi connectivity index (χ1n) is 10.5. The summed E-state index contributed by atoms with van der Waals surface area (Å²) in [4.78, 5) is 19.2. The van der Waals surface area contributed by atoms with Crippen molar-refractivity contribution in [2.45, 2.75) is 42.9 Å². The summed E-state index contributed by atoms with van der Waals surface area (Å²) < 4.78 is 41.5. The summed E-state index contributed by atoms with van der Waals surface area (Å²) in [6.07, 6.45) is 3.82. The van der Waals surface area contributed by atoms with Crippen LogP contribution in [-0.4, -0.2) is 37.3 Å². The van der Waals surface area contributed by atoms with Crippen molar-refractivity contribution >= 4 is 26.6 Å². The van der Waals surface area contributed by atoms with Gasteiger partial charge in [0.2, 0.25) is 9.84 Å². The number of nitrogens with zero attached hydrogens (tertiary/aromatic N) is 2. The second-order valence-corrected chi connectivity index (χ2v) is 10.0. The lowest BCUT2D eigenvalue weighted by molar-refractivity contribution is 0.0693. The molecule has 1 fully saturated rings. The van der Waals surface area contributed by atoms with Crippen LogP contribution in [0.2, 0.25) is 0 Å². The second-order valence-electron chi connectivity index (χ2n) is 8.14. The number of aromatic nitrogens is 1. The van der Waals surface area contributed by atoms with Gasteiger partial charge in [0.05, 0.1) is 20.9 Å². The number of halogens is 1. The van der Waals surface area contributed by atoms with Gasteiger partial charge in [0.1, 0.15) is 5.82 Å². The summed E-state index contributed by atoms with van der Waals surface area (Å²) in [6, 6.07) is 10.4. The highest BCUT2D eigenvalue weighted by atomic mass is 32.2. The van der Waals surface area contributed by atoms with Gasteiger partial charge in [0.25, 0.3) is 5.91 Å². The molecule has 2 heterocycles. The van der Waals surface area contributed by atoms with Crippen LogP contribution in [0.3, 0.4) is 0 Å². The van der Waals surface area contributed by atoms with E-state index in [1.54, 1.807) is 17.0 Å². The lowest BCUT2D eigenvalue weighted by atomic mass is 9.98. The molecule has 4 rings (SSSR count). The van der Waals surface area contributed by atoms with Crippen LogP contribution in [0.25, 0.3) is 10.9 Å². The summed E-state index contributed by atoms with van der Waals surface area (Å²) in [5, 5.41) is 0.121. The molecule has 1 amide bonds. The van der Waals surface area contributed by atoms with Gasteiger partial charge in [0, 0.05) is 24.7 Å². The van der Waals surface area contributed by atoms with E-state index in [2.05, 4.69) is 11.9 Å². The Kier molecular flexibility index (Phi) is 5.79. The van der Waals surface area contributed by atoms with E-state index in [0.717, 1.165) is 30.9 Å². The molecule has 1 aliphatic heterocycles. The molecule has 0 saturated carbocycles. The molecule has 0 atom stereocenters. The topological polar surface area (TPSA) is 67.3 Å². The van der Waals surface area contributed by atoms with Gasteiger partial charge in [-0.3, -0.25) is 9.78 Å². The first-order valence-corrected chi connectivity index (χ1v) is 12.0. The van der Waals surface area contributed by atoms with Crippen molar-refractivity contribution in [2.24, 2.45) is 5.92 Å². The maximum Gasteiger partial charge on any atom is 0.256 e. The van der Waals surface area contributed by atoms with Crippen LogP contribution in [0.4, 0.5) is 4.39 Å². The monoisotopic (exact) mass is 440 g/mol. The fourth-order valence-electron chi connectivity index (χ4n) is 3.99. The van der Waals surface area contributed by atoms with Gasteiger partial charge in [-0.25, -0.2) is 12.8 Å². The SMILES string of the molecule is CCc1ccc(S(=O)(=O)c2c(C(=O)N3CCC(C)CC3)cnc3ccc(F)cc23)cc1. The van der Waals surface area contributed by atoms with E-state index in [4.69, 9.17) is 0 Å². The van der Waals surface area contributed by atoms with E-state index in [1.807, 2.05) is 6.92 Å². The van der Waals surface area contributed by atoms with Crippen LogP contribution < -0.4 is 0 Å². The van der Waals surface area contributed by atoms with Crippen LogP contribution in [0, 0.1) is 11.7 Å². The molecule has 1 saturated heterocycles. The number of hydrogen-bond donors (Lipinski definition) is 0. The highest BCUT2D eigenvalue weighted by molar-refractivity contribution is 7.91. The van der Waals surface area contributed by atoms with E-state index >= 15 is 0 Å². The predicted octanol–water partition coefficient (Wildman–Crippen LogP) is 4.64. The zero-order valence-corrected chi connectivity index (χ0v) is 18.5. The third-order valence-electron chi connectivity index (χ3n) is 5.99. The van der Waals surface area contributed by atoms with Gasteiger partial charge < -0.3 is 4.90 Å². The van der Waals surface area contributed by atoms with Gasteiger partial charge in [0.15, 0.2) is 0 Å². The molecule has 0 spiro atoms. The van der Waals surface area contributed by atoms with E-state index in [-0.39, 0.29) is 26.6 Å². The van der Waals surface area contributed by atoms with Crippen molar-refractivity contribution in [1.82, 2.24) is 9.88 Å². The number of pyridine rings is 1. The van der Waals surface area contributed by atoms with Gasteiger partial charge >= 0.3 is 0 Å². The normalized spacial score (nSPS) is 15.4. The molecule has 0 radical (unpaired) electrons. The van der Waals surface area contributed by atoms with Crippen LogP contribution in [0.15, 0.2) is 58.5 Å². The van der Waals surface area contributed by atoms with Crippen LogP contribution in [-0.2, 0) is 16.3 Å². The number of carbonyl (C=O) groups is 1. The highest BCUT2D eigenvalue weighted by Gasteiger charge is 2.31. The number of carbonyl (C=O) groups excluding carboxylic acids is 1. The van der Waals surface area contributed by atoms with E-state index in [0.29, 0.717) is 24.5 Å². The highest BCUT2D eigenvalue weighted by Crippen LogP contribution is 2.32. The Balaban J connectivity index is 1.91. The van der Waals surface area contributed by atoms with Gasteiger partial charge in [-0.2, -0.15) is 0 Å². The maximum atomic E-state index is 14.1. The van der Waals surface area contributed by atoms with E-state index in [9.17, 15) is 17.6 Å². The molecule has 3 aromatic rings. The third-order valence-corrected chi connectivity index (χ3v) is 7.86. The number of rotatable bonds is 4. The van der Waals surface area contributed by atoms with Gasteiger partial charge in [-0.15, -0.1) is 0 Å². The summed E-state index contributed by atoms with van der Waals surface area (Å²) in [5.41, 5.74) is 1.32. The lowest BCUT2D eigenvalue weighted by Gasteiger charge is -2.30. The smallest absolute Gasteiger partial charge is 0.256 e. The summed E-state index contributed by atoms with van der Waals surface area (Å²) in [6.45, 7) is 5.24. The van der Waals surface area contributed by atoms with Crippen molar-refractivity contribution in [3.05, 3.63) is 65.6 Å². The number of amides is 1. The van der Waals surface area contributed by atoms with Crippen molar-refractivity contribution in [2.75, 3.05) is 13.1 Å². The summed E-state index contributed by atoms with van der Waals surface area (Å²) >= 11 is 0. The zero-order valence-electron chi connectivity index (χ0n) is 17.6. The molecule has 0 N–H and O–H groups in total. The molecule has 0 bridgehead atoms. The quantitative estimate of drug-likeness (QED) is 0.593. The van der Waals surface area contributed by atoms with Crippen LogP contribution in [0.5, 0.6) is 0 Å². The predicted molar refractivity (Wildman–Crippen MR) is 117 cm³/mol. The van der Waals surface area contributed by atoms with Crippen LogP contribution >= 0.6 is 0 Å². The van der Waals surface area contributed by atoms with Crippen molar-refractivity contribution in [1.29, 1.82) is 0 Å². The second kappa shape index (κ2) is 8.38. The number of likely N-dealkylation sites (tertiary alicyclic amines) is 1. The molecular formula is C24H25FN2O3S. The average Bonchev–Trinajstić information content (AvgIpc) is 2.78. The third kappa shape index (κ3) is 4.06. The Morgan fingerprint density at radius 1 is 1.13 bits per heavy atom. The molecule has 1 aromatic heterocycles. The lowest BCUT2D eigenvalue weighted by Crippen LogP contribution is -2.38. The zero-order chi connectivity index (χ0) is 22.2. The largest absolute Gasteiger partial charge is 0.339 e. The fourth-order valence-corrected chi connectivity index (χ4v) is 5.60. The molecule has 2 aromatic carbocycles. The minimum Gasteiger partial charge on any atom is -0.339 e. The molecule has 31 heavy (non-hydrogen) atoms. The Morgan fingerprint density at radius 2 is 1.81 bits per heavy atom. The van der Waals surface area contributed by atoms with Crippen molar-refractivity contribution in [3.8, 4) is 0 Å². The first kappa shape index (κ1) is 21.4. The summed E-state index contributed by atoms with van der Waals surface area (Å²) in [5.74, 6) is -0.439. The van der Waals surface area contributed by atoms with Crippen molar-refractivity contribution < 1.29 is 17.6 Å². The average molecular weight is 441 g/mol. The first-order chi connectivity index (χ1) is 14.8. The molecule has 162 valence electrons. The Morgan fingerprint density at radius 3 is 2.45 bits per heavy atom. The maximum absolute atomic E-state index is 14.1. The molecular weight excluding hydrogens is 415 g/mol. The number of aryl methyl sites for hydroxylation is 1. The summed E-state index contributed by atoms with van der Waals surface area (Å²) in [7, 11) is -4.09. The Labute approximate surface area is 181 Å². The molecule has 1 aliphatic rings. The number of hydrogen-bond acceptors (Lipinski definition) is 4. The number of sulfone groups is 1. The molecule has 0 aliphatic carbocycles. The fraction of sp³-hybridized carbons (Fsp3) is 0.333. The minimum absolute atomic E-state index is 0.00720. The molecule has 5 nitrogen and oxygen atoms in total. The van der Waals surface area contributed by atoms with E-state index < -0.39 is 15.7 Å². The van der Waals surface area contributed by atoms with Crippen LogP contribution in [0.1, 0.15) is 42.6 Å². The Hall–Kier alpha value is -2.80. The van der Waals surface area contributed by atoms with E-state index in [1.165, 1.54) is 30.5 Å². The number of benzene rings is 2. The van der Waals surface area contributed by atoms with Gasteiger partial charge in [-0.1, -0.05) is 26.0 Å². The standard InChI is InChI=1S/C24H25FN2O3S/c1-3-17-4-7-19(8-5-17)31(29,30)23-20-14-18(25)6-9-22(20)26-15-21(23)24(28)27-12-10-16(2)11-13-27/h4-9,14-16H,3,10-13H2,1-2H3. The van der Waals surface area contributed by atoms with Crippen molar-refractivity contribution in [3.63, 3.8) is 0 Å². The minimum atomic E-state index is -4.09.